The molecule has 136 valence electrons. The van der Waals surface area contributed by atoms with Crippen molar-refractivity contribution >= 4 is 22.9 Å². The molecule has 1 spiro atoms. The summed E-state index contributed by atoms with van der Waals surface area (Å²) in [5.74, 6) is -0.978. The van der Waals surface area contributed by atoms with Gasteiger partial charge in [0.1, 0.15) is 5.41 Å². The van der Waals surface area contributed by atoms with Gasteiger partial charge in [0, 0.05) is 29.0 Å². The van der Waals surface area contributed by atoms with Gasteiger partial charge in [-0.15, -0.1) is 11.3 Å². The van der Waals surface area contributed by atoms with E-state index in [1.165, 1.54) is 16.2 Å². The van der Waals surface area contributed by atoms with Gasteiger partial charge < -0.3 is 10.0 Å². The van der Waals surface area contributed by atoms with Crippen molar-refractivity contribution in [3.8, 4) is 0 Å². The van der Waals surface area contributed by atoms with Crippen LogP contribution in [0.2, 0.25) is 0 Å². The second kappa shape index (κ2) is 5.62. The number of carbonyl (C=O) groups is 1. The molecule has 0 radical (unpaired) electrons. The Bertz CT molecular complexity index is 879. The molecule has 2 aromatic rings. The summed E-state index contributed by atoms with van der Waals surface area (Å²) < 4.78 is 0. The lowest BCUT2D eigenvalue weighted by Crippen LogP contribution is -2.64. The molecule has 0 bridgehead atoms. The molecular formula is C19H20N2O4S. The van der Waals surface area contributed by atoms with Crippen molar-refractivity contribution in [3.63, 3.8) is 0 Å². The molecule has 1 N–H and O–H groups in total. The first-order valence-electron chi connectivity index (χ1n) is 8.59. The van der Waals surface area contributed by atoms with E-state index in [1.54, 1.807) is 14.0 Å². The lowest BCUT2D eigenvalue weighted by atomic mass is 9.53. The standard InChI is InChI=1S/C19H20N2O4S/c1-18(23)10-9-14(21(24)25)16(15-8-5-11-26-15)19(18)12-6-3-4-7-13(12)20(2)17(19)22/h3-8,11,14,16,23H,9-10H2,1-2H3/t14-,16-,18+,19-/m1/s1. The van der Waals surface area contributed by atoms with Crippen molar-refractivity contribution in [2.24, 2.45) is 0 Å². The third kappa shape index (κ3) is 1.98. The molecule has 0 saturated heterocycles. The molecule has 1 amide bonds. The first kappa shape index (κ1) is 17.2. The molecule has 4 atom stereocenters. The van der Waals surface area contributed by atoms with Gasteiger partial charge in [0.05, 0.1) is 11.5 Å². The van der Waals surface area contributed by atoms with Gasteiger partial charge in [0.25, 0.3) is 0 Å². The van der Waals surface area contributed by atoms with Crippen molar-refractivity contribution in [1.29, 1.82) is 0 Å². The smallest absolute Gasteiger partial charge is 0.241 e. The summed E-state index contributed by atoms with van der Waals surface area (Å²) in [7, 11) is 1.67. The average Bonchev–Trinajstić information content (AvgIpc) is 3.20. The summed E-state index contributed by atoms with van der Waals surface area (Å²) in [5.41, 5.74) is -1.35. The second-order valence-electron chi connectivity index (χ2n) is 7.35. The van der Waals surface area contributed by atoms with Crippen LogP contribution in [0.25, 0.3) is 0 Å². The number of amides is 1. The minimum Gasteiger partial charge on any atom is -0.389 e. The largest absolute Gasteiger partial charge is 0.389 e. The van der Waals surface area contributed by atoms with E-state index in [0.717, 1.165) is 4.88 Å². The van der Waals surface area contributed by atoms with Crippen molar-refractivity contribution in [3.05, 3.63) is 62.3 Å². The van der Waals surface area contributed by atoms with Crippen LogP contribution in [0.3, 0.4) is 0 Å². The SMILES string of the molecule is CN1C(=O)[C@@]2(c3ccccc31)[C@@H](c1cccs1)[C@H]([N+](=O)[O-])CC[C@]2(C)O. The number of fused-ring (bicyclic) bond motifs is 2. The van der Waals surface area contributed by atoms with Crippen molar-refractivity contribution < 1.29 is 14.8 Å². The molecule has 1 aromatic heterocycles. The van der Waals surface area contributed by atoms with E-state index in [0.29, 0.717) is 11.3 Å². The number of aliphatic hydroxyl groups is 1. The summed E-state index contributed by atoms with van der Waals surface area (Å²) in [6, 6.07) is 10.1. The highest BCUT2D eigenvalue weighted by atomic mass is 32.1. The van der Waals surface area contributed by atoms with Gasteiger partial charge in [-0.2, -0.15) is 0 Å². The van der Waals surface area contributed by atoms with Crippen LogP contribution in [0.4, 0.5) is 5.69 Å². The minimum atomic E-state index is -1.38. The van der Waals surface area contributed by atoms with Crippen LogP contribution in [-0.4, -0.2) is 34.6 Å². The number of para-hydroxylation sites is 1. The van der Waals surface area contributed by atoms with Crippen molar-refractivity contribution in [2.45, 2.75) is 42.7 Å². The maximum atomic E-state index is 13.6. The Morgan fingerprint density at radius 2 is 2.04 bits per heavy atom. The number of nitro groups is 1. The Morgan fingerprint density at radius 1 is 1.31 bits per heavy atom. The maximum absolute atomic E-state index is 13.6. The number of anilines is 1. The van der Waals surface area contributed by atoms with Gasteiger partial charge in [0.2, 0.25) is 11.9 Å². The highest BCUT2D eigenvalue weighted by Gasteiger charge is 2.70. The molecule has 1 saturated carbocycles. The Kier molecular flexibility index (Phi) is 3.71. The zero-order valence-electron chi connectivity index (χ0n) is 14.6. The number of thiophene rings is 1. The zero-order valence-corrected chi connectivity index (χ0v) is 15.4. The summed E-state index contributed by atoms with van der Waals surface area (Å²) >= 11 is 1.40. The maximum Gasteiger partial charge on any atom is 0.241 e. The fraction of sp³-hybridized carbons (Fsp3) is 0.421. The van der Waals surface area contributed by atoms with Gasteiger partial charge in [-0.25, -0.2) is 0 Å². The van der Waals surface area contributed by atoms with E-state index in [9.17, 15) is 20.0 Å². The highest BCUT2D eigenvalue weighted by molar-refractivity contribution is 7.10. The number of carbonyl (C=O) groups excluding carboxylic acids is 1. The second-order valence-corrected chi connectivity index (χ2v) is 8.33. The third-order valence-corrected chi connectivity index (χ3v) is 7.04. The molecule has 6 nitrogen and oxygen atoms in total. The predicted molar refractivity (Wildman–Crippen MR) is 99.2 cm³/mol. The molecule has 4 rings (SSSR count). The van der Waals surface area contributed by atoms with Gasteiger partial charge in [0.15, 0.2) is 0 Å². The van der Waals surface area contributed by atoms with Gasteiger partial charge in [-0.1, -0.05) is 24.3 Å². The monoisotopic (exact) mass is 372 g/mol. The van der Waals surface area contributed by atoms with Crippen LogP contribution in [0.5, 0.6) is 0 Å². The molecule has 1 aromatic carbocycles. The highest BCUT2D eigenvalue weighted by Crippen LogP contribution is 2.61. The number of hydrogen-bond acceptors (Lipinski definition) is 5. The molecule has 1 fully saturated rings. The third-order valence-electron chi connectivity index (χ3n) is 6.08. The molecule has 7 heteroatoms. The lowest BCUT2D eigenvalue weighted by Gasteiger charge is -2.50. The molecule has 2 heterocycles. The predicted octanol–water partition coefficient (Wildman–Crippen LogP) is 2.94. The molecule has 2 aliphatic rings. The summed E-state index contributed by atoms with van der Waals surface area (Å²) in [4.78, 5) is 27.5. The Labute approximate surface area is 155 Å². The van der Waals surface area contributed by atoms with Crippen LogP contribution < -0.4 is 4.90 Å². The quantitative estimate of drug-likeness (QED) is 0.649. The molecule has 1 aliphatic heterocycles. The Hall–Kier alpha value is -2.25. The average molecular weight is 372 g/mol. The van der Waals surface area contributed by atoms with Crippen LogP contribution >= 0.6 is 11.3 Å². The number of hydrogen-bond donors (Lipinski definition) is 1. The number of rotatable bonds is 2. The van der Waals surface area contributed by atoms with E-state index in [4.69, 9.17) is 0 Å². The molecular weight excluding hydrogens is 352 g/mol. The summed E-state index contributed by atoms with van der Waals surface area (Å²) in [6.45, 7) is 1.65. The van der Waals surface area contributed by atoms with Crippen molar-refractivity contribution in [2.75, 3.05) is 11.9 Å². The van der Waals surface area contributed by atoms with Gasteiger partial charge in [-0.3, -0.25) is 14.9 Å². The van der Waals surface area contributed by atoms with Crippen molar-refractivity contribution in [1.82, 2.24) is 0 Å². The minimum absolute atomic E-state index is 0.203. The van der Waals surface area contributed by atoms with E-state index >= 15 is 0 Å². The summed E-state index contributed by atoms with van der Waals surface area (Å²) in [6.07, 6.45) is 0.442. The normalized spacial score (nSPS) is 33.5. The van der Waals surface area contributed by atoms with Crippen LogP contribution in [-0.2, 0) is 10.2 Å². The Balaban J connectivity index is 2.07. The van der Waals surface area contributed by atoms with Gasteiger partial charge in [-0.05, 0) is 36.4 Å². The number of likely N-dealkylation sites (N-methyl/N-ethyl adjacent to an activating group) is 1. The van der Waals surface area contributed by atoms with E-state index in [1.807, 2.05) is 41.8 Å². The van der Waals surface area contributed by atoms with E-state index < -0.39 is 23.0 Å². The summed E-state index contributed by atoms with van der Waals surface area (Å²) in [5, 5.41) is 25.2. The topological polar surface area (TPSA) is 83.7 Å². The van der Waals surface area contributed by atoms with E-state index in [-0.39, 0.29) is 23.7 Å². The first-order chi connectivity index (χ1) is 12.3. The first-order valence-corrected chi connectivity index (χ1v) is 9.47. The molecule has 1 aliphatic carbocycles. The van der Waals surface area contributed by atoms with E-state index in [2.05, 4.69) is 0 Å². The lowest BCUT2D eigenvalue weighted by molar-refractivity contribution is -0.534. The molecule has 0 unspecified atom stereocenters. The molecule has 26 heavy (non-hydrogen) atoms. The Morgan fingerprint density at radius 3 is 2.69 bits per heavy atom. The number of benzene rings is 1. The van der Waals surface area contributed by atoms with Crippen LogP contribution in [0.15, 0.2) is 41.8 Å². The fourth-order valence-electron chi connectivity index (χ4n) is 4.92. The van der Waals surface area contributed by atoms with Crippen LogP contribution in [0, 0.1) is 10.1 Å². The fourth-order valence-corrected chi connectivity index (χ4v) is 5.88. The van der Waals surface area contributed by atoms with Gasteiger partial charge >= 0.3 is 0 Å². The zero-order chi connectivity index (χ0) is 18.7. The van der Waals surface area contributed by atoms with Crippen LogP contribution in [0.1, 0.15) is 36.1 Å². The number of nitrogens with zero attached hydrogens (tertiary/aromatic N) is 2.